The van der Waals surface area contributed by atoms with Gasteiger partial charge in [0.25, 0.3) is 0 Å². The third-order valence-electron chi connectivity index (χ3n) is 4.01. The predicted octanol–water partition coefficient (Wildman–Crippen LogP) is 2.21. The quantitative estimate of drug-likeness (QED) is 0.923. The molecule has 0 spiro atoms. The van der Waals surface area contributed by atoms with Crippen LogP contribution in [0.15, 0.2) is 24.4 Å². The molecule has 2 aromatic rings. The second-order valence-electron chi connectivity index (χ2n) is 5.25. The number of nitrogens with two attached hydrogens (primary N) is 1. The molecule has 0 radical (unpaired) electrons. The molecule has 0 saturated carbocycles. The molecular formula is C15H15F2N3O. The molecule has 0 aliphatic carbocycles. The summed E-state index contributed by atoms with van der Waals surface area (Å²) < 4.78 is 27.9. The molecule has 2 heterocycles. The van der Waals surface area contributed by atoms with E-state index in [1.54, 1.807) is 6.07 Å². The number of halogens is 2. The summed E-state index contributed by atoms with van der Waals surface area (Å²) in [5, 5.41) is 0.190. The van der Waals surface area contributed by atoms with Crippen LogP contribution in [0.2, 0.25) is 0 Å². The van der Waals surface area contributed by atoms with Crippen LogP contribution in [0.5, 0.6) is 0 Å². The number of anilines is 1. The summed E-state index contributed by atoms with van der Waals surface area (Å²) in [6, 6.07) is 3.86. The van der Waals surface area contributed by atoms with E-state index in [4.69, 9.17) is 5.73 Å². The predicted molar refractivity (Wildman–Crippen MR) is 75.8 cm³/mol. The van der Waals surface area contributed by atoms with E-state index in [9.17, 15) is 13.6 Å². The molecule has 1 aromatic heterocycles. The molecule has 6 heteroatoms. The monoisotopic (exact) mass is 291 g/mol. The van der Waals surface area contributed by atoms with E-state index in [-0.39, 0.29) is 22.7 Å². The minimum Gasteiger partial charge on any atom is -0.371 e. The number of benzene rings is 1. The van der Waals surface area contributed by atoms with Crippen molar-refractivity contribution in [1.82, 2.24) is 4.98 Å². The molecule has 1 amide bonds. The Bertz CT molecular complexity index is 697. The number of pyridine rings is 1. The highest BCUT2D eigenvalue weighted by Gasteiger charge is 2.25. The Morgan fingerprint density at radius 1 is 1.19 bits per heavy atom. The lowest BCUT2D eigenvalue weighted by Gasteiger charge is -2.33. The van der Waals surface area contributed by atoms with Crippen molar-refractivity contribution < 1.29 is 13.6 Å². The van der Waals surface area contributed by atoms with Gasteiger partial charge in [0.05, 0.1) is 11.1 Å². The van der Waals surface area contributed by atoms with Crippen molar-refractivity contribution in [2.75, 3.05) is 18.0 Å². The minimum atomic E-state index is -0.541. The molecule has 0 atom stereocenters. The van der Waals surface area contributed by atoms with Gasteiger partial charge in [0.2, 0.25) is 5.91 Å². The second kappa shape index (κ2) is 5.27. The van der Waals surface area contributed by atoms with Crippen molar-refractivity contribution in [3.8, 4) is 0 Å². The van der Waals surface area contributed by atoms with E-state index >= 15 is 0 Å². The lowest BCUT2D eigenvalue weighted by Crippen LogP contribution is -2.38. The average Bonchev–Trinajstić information content (AvgIpc) is 2.50. The number of nitrogens with zero attached hydrogens (tertiary/aromatic N) is 2. The summed E-state index contributed by atoms with van der Waals surface area (Å²) in [5.41, 5.74) is 5.95. The SMILES string of the molecule is NC(=O)C1CCN(c2ccnc3c(F)ccc(F)c23)CC1. The third-order valence-corrected chi connectivity index (χ3v) is 4.01. The van der Waals surface area contributed by atoms with Gasteiger partial charge in [0, 0.05) is 25.2 Å². The van der Waals surface area contributed by atoms with Gasteiger partial charge in [-0.05, 0) is 31.0 Å². The van der Waals surface area contributed by atoms with E-state index in [2.05, 4.69) is 4.98 Å². The summed E-state index contributed by atoms with van der Waals surface area (Å²) >= 11 is 0. The standard InChI is InChI=1S/C15H15F2N3O/c16-10-1-2-11(17)14-13(10)12(3-6-19-14)20-7-4-9(5-8-20)15(18)21/h1-3,6,9H,4-5,7-8H2,(H2,18,21). The summed E-state index contributed by atoms with van der Waals surface area (Å²) in [7, 11) is 0. The number of carbonyl (C=O) groups is 1. The van der Waals surface area contributed by atoms with Crippen molar-refractivity contribution >= 4 is 22.5 Å². The van der Waals surface area contributed by atoms with Gasteiger partial charge >= 0.3 is 0 Å². The maximum absolute atomic E-state index is 14.1. The minimum absolute atomic E-state index is 0.0320. The van der Waals surface area contributed by atoms with Crippen molar-refractivity contribution in [1.29, 1.82) is 0 Å². The van der Waals surface area contributed by atoms with Crippen LogP contribution in [0.4, 0.5) is 14.5 Å². The van der Waals surface area contributed by atoms with Crippen molar-refractivity contribution in [3.63, 3.8) is 0 Å². The Morgan fingerprint density at radius 2 is 1.86 bits per heavy atom. The maximum atomic E-state index is 14.1. The summed E-state index contributed by atoms with van der Waals surface area (Å²) in [6.07, 6.45) is 2.71. The number of fused-ring (bicyclic) bond motifs is 1. The van der Waals surface area contributed by atoms with E-state index in [0.717, 1.165) is 12.1 Å². The molecule has 1 fully saturated rings. The van der Waals surface area contributed by atoms with Crippen molar-refractivity contribution in [2.45, 2.75) is 12.8 Å². The van der Waals surface area contributed by atoms with Gasteiger partial charge in [0.1, 0.15) is 17.2 Å². The summed E-state index contributed by atoms with van der Waals surface area (Å²) in [6.45, 7) is 1.17. The molecular weight excluding hydrogens is 276 g/mol. The highest BCUT2D eigenvalue weighted by Crippen LogP contribution is 2.32. The van der Waals surface area contributed by atoms with E-state index < -0.39 is 11.6 Å². The van der Waals surface area contributed by atoms with Gasteiger partial charge in [0.15, 0.2) is 0 Å². The number of hydrogen-bond donors (Lipinski definition) is 1. The van der Waals surface area contributed by atoms with E-state index in [1.807, 2.05) is 4.90 Å². The largest absolute Gasteiger partial charge is 0.371 e. The Morgan fingerprint density at radius 3 is 2.52 bits per heavy atom. The van der Waals surface area contributed by atoms with E-state index in [1.165, 1.54) is 6.20 Å². The molecule has 4 nitrogen and oxygen atoms in total. The van der Waals surface area contributed by atoms with Crippen LogP contribution < -0.4 is 10.6 Å². The Balaban J connectivity index is 1.99. The van der Waals surface area contributed by atoms with Crippen LogP contribution in [0, 0.1) is 17.6 Å². The zero-order chi connectivity index (χ0) is 15.0. The first-order valence-corrected chi connectivity index (χ1v) is 6.85. The fourth-order valence-electron chi connectivity index (χ4n) is 2.85. The number of piperidine rings is 1. The van der Waals surface area contributed by atoms with Crippen LogP contribution in [-0.4, -0.2) is 24.0 Å². The average molecular weight is 291 g/mol. The van der Waals surface area contributed by atoms with Crippen LogP contribution in [0.3, 0.4) is 0 Å². The lowest BCUT2D eigenvalue weighted by atomic mass is 9.95. The van der Waals surface area contributed by atoms with Gasteiger partial charge in [-0.2, -0.15) is 0 Å². The number of primary amides is 1. The summed E-state index contributed by atoms with van der Waals surface area (Å²) in [4.78, 5) is 17.1. The van der Waals surface area contributed by atoms with Gasteiger partial charge in [-0.1, -0.05) is 0 Å². The molecule has 0 bridgehead atoms. The number of aromatic nitrogens is 1. The molecule has 1 aliphatic heterocycles. The molecule has 1 aromatic carbocycles. The first kappa shape index (κ1) is 13.7. The van der Waals surface area contributed by atoms with Crippen LogP contribution >= 0.6 is 0 Å². The Labute approximate surface area is 120 Å². The zero-order valence-electron chi connectivity index (χ0n) is 11.4. The summed E-state index contributed by atoms with van der Waals surface area (Å²) in [5.74, 6) is -1.48. The molecule has 21 heavy (non-hydrogen) atoms. The Hall–Kier alpha value is -2.24. The van der Waals surface area contributed by atoms with Crippen LogP contribution in [0.25, 0.3) is 10.9 Å². The lowest BCUT2D eigenvalue weighted by molar-refractivity contribution is -0.122. The zero-order valence-corrected chi connectivity index (χ0v) is 11.4. The van der Waals surface area contributed by atoms with Gasteiger partial charge < -0.3 is 10.6 Å². The molecule has 2 N–H and O–H groups in total. The molecule has 1 aliphatic rings. The fraction of sp³-hybridized carbons (Fsp3) is 0.333. The van der Waals surface area contributed by atoms with Crippen molar-refractivity contribution in [3.05, 3.63) is 36.0 Å². The fourth-order valence-corrected chi connectivity index (χ4v) is 2.85. The second-order valence-corrected chi connectivity index (χ2v) is 5.25. The van der Waals surface area contributed by atoms with E-state index in [0.29, 0.717) is 31.6 Å². The van der Waals surface area contributed by atoms with Crippen LogP contribution in [0.1, 0.15) is 12.8 Å². The highest BCUT2D eigenvalue weighted by atomic mass is 19.1. The number of hydrogen-bond acceptors (Lipinski definition) is 3. The normalized spacial score (nSPS) is 16.4. The first-order chi connectivity index (χ1) is 10.1. The molecule has 110 valence electrons. The van der Waals surface area contributed by atoms with Gasteiger partial charge in [-0.3, -0.25) is 9.78 Å². The maximum Gasteiger partial charge on any atom is 0.220 e. The van der Waals surface area contributed by atoms with Crippen molar-refractivity contribution in [2.24, 2.45) is 11.7 Å². The molecule has 3 rings (SSSR count). The topological polar surface area (TPSA) is 59.2 Å². The number of carbonyl (C=O) groups excluding carboxylic acids is 1. The number of rotatable bonds is 2. The molecule has 0 unspecified atom stereocenters. The highest BCUT2D eigenvalue weighted by molar-refractivity contribution is 5.92. The Kier molecular flexibility index (Phi) is 3.45. The van der Waals surface area contributed by atoms with Gasteiger partial charge in [-0.25, -0.2) is 8.78 Å². The smallest absolute Gasteiger partial charge is 0.220 e. The van der Waals surface area contributed by atoms with Crippen LogP contribution in [-0.2, 0) is 4.79 Å². The number of amides is 1. The first-order valence-electron chi connectivity index (χ1n) is 6.85. The third kappa shape index (κ3) is 2.41. The van der Waals surface area contributed by atoms with Gasteiger partial charge in [-0.15, -0.1) is 0 Å². The molecule has 1 saturated heterocycles.